The third-order valence-electron chi connectivity index (χ3n) is 2.79. The van der Waals surface area contributed by atoms with Crippen molar-refractivity contribution in [3.8, 4) is 0 Å². The summed E-state index contributed by atoms with van der Waals surface area (Å²) in [4.78, 5) is 15.8. The first-order valence-corrected chi connectivity index (χ1v) is 6.55. The van der Waals surface area contributed by atoms with Crippen LogP contribution in [0, 0.1) is 5.92 Å². The van der Waals surface area contributed by atoms with Gasteiger partial charge in [0.1, 0.15) is 6.54 Å². The van der Waals surface area contributed by atoms with Crippen molar-refractivity contribution in [2.24, 2.45) is 11.7 Å². The summed E-state index contributed by atoms with van der Waals surface area (Å²) in [6.07, 6.45) is 4.25. The Balaban J connectivity index is 2.54. The van der Waals surface area contributed by atoms with Gasteiger partial charge in [0.25, 0.3) is 0 Å². The molecule has 0 spiro atoms. The summed E-state index contributed by atoms with van der Waals surface area (Å²) in [6, 6.07) is -0.0886. The first-order chi connectivity index (χ1) is 9.04. The molecule has 0 saturated heterocycles. The van der Waals surface area contributed by atoms with Gasteiger partial charge in [-0.05, 0) is 12.3 Å². The Kier molecular flexibility index (Phi) is 6.52. The van der Waals surface area contributed by atoms with E-state index < -0.39 is 0 Å². The Morgan fingerprint density at radius 1 is 1.58 bits per heavy atom. The predicted octanol–water partition coefficient (Wildman–Crippen LogP) is 0.692. The predicted molar refractivity (Wildman–Crippen MR) is 73.5 cm³/mol. The van der Waals surface area contributed by atoms with E-state index in [1.54, 1.807) is 24.2 Å². The molecular formula is C13H24N4O2. The maximum absolute atomic E-state index is 11.7. The molecule has 0 bridgehead atoms. The van der Waals surface area contributed by atoms with E-state index in [2.05, 4.69) is 24.1 Å². The molecule has 0 radical (unpaired) electrons. The standard InChI is InChI=1S/C13H24N4O2/c1-10(2)6-11(14)12-7-15-9-17(12)8-13(18)16-4-5-19-3/h7,9-11H,4-6,8,14H2,1-3H3,(H,16,18). The minimum Gasteiger partial charge on any atom is -0.383 e. The van der Waals surface area contributed by atoms with Crippen LogP contribution in [0.15, 0.2) is 12.5 Å². The van der Waals surface area contributed by atoms with Crippen molar-refractivity contribution in [1.29, 1.82) is 0 Å². The number of imidazole rings is 1. The number of hydrogen-bond donors (Lipinski definition) is 2. The van der Waals surface area contributed by atoms with Crippen molar-refractivity contribution in [1.82, 2.24) is 14.9 Å². The van der Waals surface area contributed by atoms with Crippen LogP contribution in [0.25, 0.3) is 0 Å². The molecule has 1 heterocycles. The molecule has 0 aliphatic rings. The SMILES string of the molecule is COCCNC(=O)Cn1cncc1C(N)CC(C)C. The average molecular weight is 268 g/mol. The van der Waals surface area contributed by atoms with Crippen LogP contribution in [0.3, 0.4) is 0 Å². The Bertz CT molecular complexity index is 390. The molecule has 108 valence electrons. The molecule has 1 atom stereocenters. The number of rotatable bonds is 8. The number of amides is 1. The number of aromatic nitrogens is 2. The molecule has 1 amide bonds. The van der Waals surface area contributed by atoms with E-state index in [9.17, 15) is 4.79 Å². The highest BCUT2D eigenvalue weighted by Crippen LogP contribution is 2.18. The molecule has 6 heteroatoms. The number of carbonyl (C=O) groups excluding carboxylic acids is 1. The molecule has 19 heavy (non-hydrogen) atoms. The molecular weight excluding hydrogens is 244 g/mol. The van der Waals surface area contributed by atoms with Gasteiger partial charge in [0.05, 0.1) is 18.6 Å². The summed E-state index contributed by atoms with van der Waals surface area (Å²) in [5.41, 5.74) is 7.02. The average Bonchev–Trinajstić information content (AvgIpc) is 2.76. The second-order valence-corrected chi connectivity index (χ2v) is 5.03. The van der Waals surface area contributed by atoms with Gasteiger partial charge >= 0.3 is 0 Å². The lowest BCUT2D eigenvalue weighted by Crippen LogP contribution is -2.31. The molecule has 0 fully saturated rings. The highest BCUT2D eigenvalue weighted by atomic mass is 16.5. The van der Waals surface area contributed by atoms with Gasteiger partial charge in [-0.1, -0.05) is 13.8 Å². The Morgan fingerprint density at radius 2 is 2.32 bits per heavy atom. The summed E-state index contributed by atoms with van der Waals surface area (Å²) < 4.78 is 6.68. The number of nitrogens with two attached hydrogens (primary N) is 1. The summed E-state index contributed by atoms with van der Waals surface area (Å²) >= 11 is 0. The van der Waals surface area contributed by atoms with Crippen LogP contribution >= 0.6 is 0 Å². The van der Waals surface area contributed by atoms with E-state index in [4.69, 9.17) is 10.5 Å². The Labute approximate surface area is 114 Å². The minimum absolute atomic E-state index is 0.0620. The maximum Gasteiger partial charge on any atom is 0.240 e. The number of nitrogens with zero attached hydrogens (tertiary/aromatic N) is 2. The van der Waals surface area contributed by atoms with Crippen LogP contribution in [-0.2, 0) is 16.1 Å². The van der Waals surface area contributed by atoms with E-state index in [1.165, 1.54) is 0 Å². The van der Waals surface area contributed by atoms with Gasteiger partial charge < -0.3 is 20.4 Å². The molecule has 0 aliphatic heterocycles. The zero-order valence-corrected chi connectivity index (χ0v) is 11.9. The molecule has 1 rings (SSSR count). The van der Waals surface area contributed by atoms with Crippen LogP contribution in [0.4, 0.5) is 0 Å². The van der Waals surface area contributed by atoms with Gasteiger partial charge in [-0.2, -0.15) is 0 Å². The third kappa shape index (κ3) is 5.40. The van der Waals surface area contributed by atoms with E-state index >= 15 is 0 Å². The van der Waals surface area contributed by atoms with Gasteiger partial charge in [-0.3, -0.25) is 4.79 Å². The molecule has 0 saturated carbocycles. The van der Waals surface area contributed by atoms with Gasteiger partial charge in [0.2, 0.25) is 5.91 Å². The second kappa shape index (κ2) is 7.91. The first kappa shape index (κ1) is 15.7. The van der Waals surface area contributed by atoms with E-state index in [1.807, 2.05) is 0 Å². The molecule has 1 unspecified atom stereocenters. The molecule has 6 nitrogen and oxygen atoms in total. The second-order valence-electron chi connectivity index (χ2n) is 5.03. The Hall–Kier alpha value is -1.40. The van der Waals surface area contributed by atoms with E-state index in [0.29, 0.717) is 19.1 Å². The smallest absolute Gasteiger partial charge is 0.240 e. The largest absolute Gasteiger partial charge is 0.383 e. The lowest BCUT2D eigenvalue weighted by atomic mass is 10.0. The van der Waals surface area contributed by atoms with Gasteiger partial charge in [0, 0.05) is 25.9 Å². The zero-order valence-electron chi connectivity index (χ0n) is 11.9. The molecule has 0 aromatic carbocycles. The fourth-order valence-electron chi connectivity index (χ4n) is 1.90. The number of ether oxygens (including phenoxy) is 1. The number of nitrogens with one attached hydrogen (secondary N) is 1. The maximum atomic E-state index is 11.7. The van der Waals surface area contributed by atoms with E-state index in [-0.39, 0.29) is 18.5 Å². The molecule has 0 aliphatic carbocycles. The quantitative estimate of drug-likeness (QED) is 0.680. The lowest BCUT2D eigenvalue weighted by Gasteiger charge is -2.16. The lowest BCUT2D eigenvalue weighted by molar-refractivity contribution is -0.121. The highest BCUT2D eigenvalue weighted by molar-refractivity contribution is 5.75. The summed E-state index contributed by atoms with van der Waals surface area (Å²) in [6.45, 7) is 5.51. The summed E-state index contributed by atoms with van der Waals surface area (Å²) in [5.74, 6) is 0.446. The van der Waals surface area contributed by atoms with Crippen molar-refractivity contribution in [2.75, 3.05) is 20.3 Å². The Morgan fingerprint density at radius 3 is 2.95 bits per heavy atom. The highest BCUT2D eigenvalue weighted by Gasteiger charge is 2.14. The number of hydrogen-bond acceptors (Lipinski definition) is 4. The van der Waals surface area contributed by atoms with Gasteiger partial charge in [-0.15, -0.1) is 0 Å². The topological polar surface area (TPSA) is 82.2 Å². The van der Waals surface area contributed by atoms with E-state index in [0.717, 1.165) is 12.1 Å². The van der Waals surface area contributed by atoms with Crippen LogP contribution in [0.5, 0.6) is 0 Å². The fourth-order valence-corrected chi connectivity index (χ4v) is 1.90. The van der Waals surface area contributed by atoms with Crippen molar-refractivity contribution in [3.63, 3.8) is 0 Å². The number of carbonyl (C=O) groups is 1. The third-order valence-corrected chi connectivity index (χ3v) is 2.79. The van der Waals surface area contributed by atoms with Crippen LogP contribution in [-0.4, -0.2) is 35.7 Å². The monoisotopic (exact) mass is 268 g/mol. The number of methoxy groups -OCH3 is 1. The van der Waals surface area contributed by atoms with Gasteiger partial charge in [0.15, 0.2) is 0 Å². The van der Waals surface area contributed by atoms with Crippen LogP contribution < -0.4 is 11.1 Å². The zero-order chi connectivity index (χ0) is 14.3. The minimum atomic E-state index is -0.0886. The molecule has 1 aromatic heterocycles. The molecule has 3 N–H and O–H groups in total. The first-order valence-electron chi connectivity index (χ1n) is 6.55. The van der Waals surface area contributed by atoms with Crippen molar-refractivity contribution < 1.29 is 9.53 Å². The summed E-state index contributed by atoms with van der Waals surface area (Å²) in [7, 11) is 1.60. The van der Waals surface area contributed by atoms with Crippen LogP contribution in [0.2, 0.25) is 0 Å². The van der Waals surface area contributed by atoms with Crippen molar-refractivity contribution >= 4 is 5.91 Å². The van der Waals surface area contributed by atoms with Crippen molar-refractivity contribution in [2.45, 2.75) is 32.9 Å². The van der Waals surface area contributed by atoms with Crippen LogP contribution in [0.1, 0.15) is 32.0 Å². The summed E-state index contributed by atoms with van der Waals surface area (Å²) in [5, 5.41) is 2.78. The molecule has 1 aromatic rings. The van der Waals surface area contributed by atoms with Gasteiger partial charge in [-0.25, -0.2) is 4.98 Å². The normalized spacial score (nSPS) is 12.7. The fraction of sp³-hybridized carbons (Fsp3) is 0.692. The van der Waals surface area contributed by atoms with Crippen molar-refractivity contribution in [3.05, 3.63) is 18.2 Å².